The molecule has 11 heteroatoms. The number of fused-ring (bicyclic) bond motifs is 2. The smallest absolute Gasteiger partial charge is 0.326 e. The minimum absolute atomic E-state index is 0.122. The number of nitrogens with zero attached hydrogens (tertiary/aromatic N) is 2. The molecule has 2 aromatic carbocycles. The zero-order valence-electron chi connectivity index (χ0n) is 25.2. The number of aromatic amines is 2. The van der Waals surface area contributed by atoms with Crippen molar-refractivity contribution in [1.82, 2.24) is 30.1 Å². The van der Waals surface area contributed by atoms with E-state index in [2.05, 4.69) is 20.6 Å². The zero-order chi connectivity index (χ0) is 30.8. The summed E-state index contributed by atoms with van der Waals surface area (Å²) in [6.45, 7) is 4.07. The molecule has 2 fully saturated rings. The fourth-order valence-electron chi connectivity index (χ4n) is 7.24. The first-order chi connectivity index (χ1) is 21.3. The lowest BCUT2D eigenvalue weighted by molar-refractivity contribution is -0.123. The van der Waals surface area contributed by atoms with Crippen molar-refractivity contribution in [1.29, 1.82) is 0 Å². The summed E-state index contributed by atoms with van der Waals surface area (Å²) in [6, 6.07) is 11.0. The average Bonchev–Trinajstić information content (AvgIpc) is 3.62. The molecule has 2 aliphatic rings. The molecule has 4 atom stereocenters. The lowest BCUT2D eigenvalue weighted by atomic mass is 9.81. The van der Waals surface area contributed by atoms with Crippen molar-refractivity contribution < 1.29 is 14.0 Å². The van der Waals surface area contributed by atoms with E-state index in [1.807, 2.05) is 37.4 Å². The fraction of sp³-hybridized carbons (Fsp3) is 0.485. The lowest BCUT2D eigenvalue weighted by Gasteiger charge is -2.34. The highest BCUT2D eigenvalue weighted by Gasteiger charge is 2.33. The Kier molecular flexibility index (Phi) is 8.74. The number of imidazole rings is 1. The van der Waals surface area contributed by atoms with Gasteiger partial charge in [-0.1, -0.05) is 31.5 Å². The van der Waals surface area contributed by atoms with Gasteiger partial charge in [-0.25, -0.2) is 14.0 Å². The highest BCUT2D eigenvalue weighted by molar-refractivity contribution is 5.90. The van der Waals surface area contributed by atoms with E-state index in [0.717, 1.165) is 42.1 Å². The van der Waals surface area contributed by atoms with Crippen molar-refractivity contribution in [2.75, 3.05) is 26.2 Å². The summed E-state index contributed by atoms with van der Waals surface area (Å²) < 4.78 is 15.4. The van der Waals surface area contributed by atoms with Crippen LogP contribution >= 0.6 is 0 Å². The van der Waals surface area contributed by atoms with E-state index in [9.17, 15) is 18.8 Å². The molecule has 1 aliphatic carbocycles. The average molecular weight is 604 g/mol. The van der Waals surface area contributed by atoms with Crippen LogP contribution in [0.1, 0.15) is 63.0 Å². The summed E-state index contributed by atoms with van der Waals surface area (Å²) in [4.78, 5) is 47.9. The monoisotopic (exact) mass is 603 g/mol. The molecule has 6 N–H and O–H groups in total. The Hall–Kier alpha value is -4.12. The van der Waals surface area contributed by atoms with Crippen molar-refractivity contribution in [3.63, 3.8) is 0 Å². The molecule has 0 bridgehead atoms. The number of urea groups is 1. The van der Waals surface area contributed by atoms with E-state index in [1.165, 1.54) is 12.1 Å². The van der Waals surface area contributed by atoms with Crippen molar-refractivity contribution in [2.45, 2.75) is 63.5 Å². The van der Waals surface area contributed by atoms with Gasteiger partial charge in [-0.3, -0.25) is 9.36 Å². The maximum Gasteiger partial charge on any atom is 0.326 e. The van der Waals surface area contributed by atoms with Gasteiger partial charge in [0.2, 0.25) is 5.91 Å². The first-order valence-electron chi connectivity index (χ1n) is 15.8. The van der Waals surface area contributed by atoms with E-state index < -0.39 is 11.9 Å². The normalized spacial score (nSPS) is 20.9. The van der Waals surface area contributed by atoms with E-state index >= 15 is 0 Å². The van der Waals surface area contributed by atoms with Gasteiger partial charge in [-0.05, 0) is 80.3 Å². The van der Waals surface area contributed by atoms with Crippen LogP contribution in [0.4, 0.5) is 9.18 Å². The minimum Gasteiger partial charge on any atom is -0.361 e. The standard InChI is InChI=1S/C33H42FN7O3/c1-20(26-19-36-27-8-3-2-7-25(26)27)30(31(42)37-18-22-6-4-5-21(15-22)17-35)39-32(43)40-13-11-24(12-14-40)41-29-10-9-23(34)16-28(29)38-33(41)44/h2-3,7-10,16,19-22,24,30,36H,4-6,11-15,17-18,35H2,1H3,(H,37,42)(H,38,44)(H,39,43)/t20-,21-,22+,30+/m0/s1. The lowest BCUT2D eigenvalue weighted by Crippen LogP contribution is -2.55. The number of likely N-dealkylation sites (tertiary alicyclic amines) is 1. The number of carbonyl (C=O) groups is 2. The Morgan fingerprint density at radius 1 is 1.07 bits per heavy atom. The number of para-hydroxylation sites is 1. The number of hydrogen-bond acceptors (Lipinski definition) is 4. The van der Waals surface area contributed by atoms with Crippen molar-refractivity contribution in [3.05, 3.63) is 70.5 Å². The maximum atomic E-state index is 13.8. The van der Waals surface area contributed by atoms with Gasteiger partial charge in [-0.15, -0.1) is 0 Å². The second-order valence-electron chi connectivity index (χ2n) is 12.6. The van der Waals surface area contributed by atoms with E-state index in [1.54, 1.807) is 15.5 Å². The molecule has 10 nitrogen and oxygen atoms in total. The first kappa shape index (κ1) is 29.9. The number of piperidine rings is 1. The molecule has 234 valence electrons. The number of hydrogen-bond donors (Lipinski definition) is 5. The van der Waals surface area contributed by atoms with Gasteiger partial charge in [0.15, 0.2) is 0 Å². The number of carbonyl (C=O) groups excluding carboxylic acids is 2. The Balaban J connectivity index is 1.15. The topological polar surface area (TPSA) is 141 Å². The number of nitrogens with two attached hydrogens (primary N) is 1. The number of H-pyrrole nitrogens is 2. The highest BCUT2D eigenvalue weighted by Crippen LogP contribution is 2.30. The van der Waals surface area contributed by atoms with E-state index in [4.69, 9.17) is 5.73 Å². The summed E-state index contributed by atoms with van der Waals surface area (Å²) in [7, 11) is 0. The van der Waals surface area contributed by atoms with Gasteiger partial charge < -0.3 is 31.2 Å². The third-order valence-corrected chi connectivity index (χ3v) is 9.76. The number of benzene rings is 2. The van der Waals surface area contributed by atoms with Gasteiger partial charge in [0, 0.05) is 48.7 Å². The molecule has 1 saturated carbocycles. The molecule has 3 amide bonds. The molecule has 6 rings (SSSR count). The second-order valence-corrected chi connectivity index (χ2v) is 12.6. The van der Waals surface area contributed by atoms with E-state index in [-0.39, 0.29) is 29.6 Å². The largest absolute Gasteiger partial charge is 0.361 e. The summed E-state index contributed by atoms with van der Waals surface area (Å²) in [5.41, 5.74) is 8.71. The molecule has 3 heterocycles. The molecular formula is C33H42FN7O3. The van der Waals surface area contributed by atoms with Crippen LogP contribution in [0, 0.1) is 17.7 Å². The van der Waals surface area contributed by atoms with Crippen LogP contribution < -0.4 is 22.1 Å². The fourth-order valence-corrected chi connectivity index (χ4v) is 7.24. The molecule has 44 heavy (non-hydrogen) atoms. The minimum atomic E-state index is -0.778. The molecule has 1 aliphatic heterocycles. The van der Waals surface area contributed by atoms with Gasteiger partial charge in [-0.2, -0.15) is 0 Å². The number of nitrogens with one attached hydrogen (secondary N) is 4. The number of aromatic nitrogens is 3. The van der Waals surface area contributed by atoms with Crippen LogP contribution in [0.3, 0.4) is 0 Å². The summed E-state index contributed by atoms with van der Waals surface area (Å²) in [6.07, 6.45) is 7.38. The highest BCUT2D eigenvalue weighted by atomic mass is 19.1. The zero-order valence-corrected chi connectivity index (χ0v) is 25.2. The third-order valence-electron chi connectivity index (χ3n) is 9.76. The molecule has 0 radical (unpaired) electrons. The Morgan fingerprint density at radius 3 is 2.64 bits per heavy atom. The Labute approximate surface area is 255 Å². The maximum absolute atomic E-state index is 13.8. The van der Waals surface area contributed by atoms with Crippen molar-refractivity contribution in [2.24, 2.45) is 17.6 Å². The van der Waals surface area contributed by atoms with Gasteiger partial charge in [0.05, 0.1) is 11.0 Å². The van der Waals surface area contributed by atoms with Crippen LogP contribution in [0.5, 0.6) is 0 Å². The van der Waals surface area contributed by atoms with Crippen molar-refractivity contribution in [3.8, 4) is 0 Å². The quantitative estimate of drug-likeness (QED) is 0.204. The van der Waals surface area contributed by atoms with Gasteiger partial charge in [0.25, 0.3) is 0 Å². The van der Waals surface area contributed by atoms with Crippen LogP contribution in [0.2, 0.25) is 0 Å². The summed E-state index contributed by atoms with van der Waals surface area (Å²) in [5, 5.41) is 7.25. The van der Waals surface area contributed by atoms with Crippen LogP contribution in [-0.4, -0.2) is 63.6 Å². The van der Waals surface area contributed by atoms with Crippen LogP contribution in [0.25, 0.3) is 21.9 Å². The number of amides is 3. The van der Waals surface area contributed by atoms with Gasteiger partial charge >= 0.3 is 11.7 Å². The molecule has 2 aromatic heterocycles. The molecular weight excluding hydrogens is 561 g/mol. The van der Waals surface area contributed by atoms with Crippen LogP contribution in [0.15, 0.2) is 53.5 Å². The predicted octanol–water partition coefficient (Wildman–Crippen LogP) is 4.35. The summed E-state index contributed by atoms with van der Waals surface area (Å²) >= 11 is 0. The Bertz CT molecular complexity index is 1690. The van der Waals surface area contributed by atoms with Crippen molar-refractivity contribution >= 4 is 33.9 Å². The molecule has 0 spiro atoms. The Morgan fingerprint density at radius 2 is 1.84 bits per heavy atom. The molecule has 0 unspecified atom stereocenters. The van der Waals surface area contributed by atoms with E-state index in [0.29, 0.717) is 61.9 Å². The second kappa shape index (κ2) is 12.9. The molecule has 4 aromatic rings. The molecule has 1 saturated heterocycles. The predicted molar refractivity (Wildman–Crippen MR) is 169 cm³/mol. The first-order valence-corrected chi connectivity index (χ1v) is 15.8. The number of halogens is 1. The summed E-state index contributed by atoms with van der Waals surface area (Å²) in [5.74, 6) is -0.0178. The number of rotatable bonds is 8. The van der Waals surface area contributed by atoms with Gasteiger partial charge in [0.1, 0.15) is 11.9 Å². The third kappa shape index (κ3) is 6.10. The van der Waals surface area contributed by atoms with Crippen LogP contribution in [-0.2, 0) is 4.79 Å². The SMILES string of the molecule is C[C@@H](c1c[nH]c2ccccc12)[C@@H](NC(=O)N1CCC(n2c(=O)[nH]c3cc(F)ccc32)CC1)C(=O)NC[C@@H]1CCC[C@H](CN)C1.